The molecule has 0 saturated heterocycles. The van der Waals surface area contributed by atoms with Crippen LogP contribution in [0.15, 0.2) is 36.4 Å². The van der Waals surface area contributed by atoms with E-state index in [4.69, 9.17) is 9.05 Å². The maximum Gasteiger partial charge on any atom is 0.372 e. The summed E-state index contributed by atoms with van der Waals surface area (Å²) in [5.41, 5.74) is 3.47. The molecule has 0 aromatic heterocycles. The lowest BCUT2D eigenvalue weighted by molar-refractivity contribution is -0.208. The molecule has 0 bridgehead atoms. The average Bonchev–Trinajstić information content (AvgIpc) is 2.40. The highest BCUT2D eigenvalue weighted by Gasteiger charge is 2.16. The van der Waals surface area contributed by atoms with Crippen LogP contribution in [0.2, 0.25) is 0 Å². The zero-order valence-corrected chi connectivity index (χ0v) is 13.4. The van der Waals surface area contributed by atoms with Gasteiger partial charge in [-0.2, -0.15) is 0 Å². The Morgan fingerprint density at radius 1 is 0.810 bits per heavy atom. The molecule has 0 radical (unpaired) electrons. The molecule has 0 aliphatic rings. The summed E-state index contributed by atoms with van der Waals surface area (Å²) in [5.74, 6) is 0.581. The molecule has 21 heavy (non-hydrogen) atoms. The van der Waals surface area contributed by atoms with Gasteiger partial charge < -0.3 is 13.9 Å². The molecule has 2 aromatic rings. The summed E-state index contributed by atoms with van der Waals surface area (Å²) in [6.07, 6.45) is 0. The maximum atomic E-state index is 12.1. The molecule has 0 aliphatic carbocycles. The van der Waals surface area contributed by atoms with E-state index in [0.717, 1.165) is 22.3 Å². The van der Waals surface area contributed by atoms with Gasteiger partial charge in [0, 0.05) is 0 Å². The average molecular weight is 305 g/mol. The minimum Gasteiger partial charge on any atom is -0.736 e. The molecule has 0 amide bonds. The number of phosphoric ester groups is 1. The Morgan fingerprint density at radius 2 is 1.19 bits per heavy atom. The summed E-state index contributed by atoms with van der Waals surface area (Å²) < 4.78 is 22.3. The van der Waals surface area contributed by atoms with E-state index >= 15 is 0 Å². The summed E-state index contributed by atoms with van der Waals surface area (Å²) >= 11 is 0. The Morgan fingerprint density at radius 3 is 1.57 bits per heavy atom. The van der Waals surface area contributed by atoms with Crippen molar-refractivity contribution in [1.82, 2.24) is 0 Å². The van der Waals surface area contributed by atoms with Gasteiger partial charge in [0.2, 0.25) is 0 Å². The minimum atomic E-state index is -4.48. The van der Waals surface area contributed by atoms with Crippen LogP contribution >= 0.6 is 7.82 Å². The van der Waals surface area contributed by atoms with Gasteiger partial charge in [0.25, 0.3) is 0 Å². The van der Waals surface area contributed by atoms with Crippen LogP contribution in [0.5, 0.6) is 11.5 Å². The molecule has 5 heteroatoms. The van der Waals surface area contributed by atoms with Crippen LogP contribution in [-0.4, -0.2) is 0 Å². The predicted molar refractivity (Wildman–Crippen MR) is 80.7 cm³/mol. The summed E-state index contributed by atoms with van der Waals surface area (Å²) in [4.78, 5) is 12.1. The van der Waals surface area contributed by atoms with Gasteiger partial charge >= 0.3 is 7.82 Å². The number of hydrogen-bond acceptors (Lipinski definition) is 4. The normalized spacial score (nSPS) is 11.3. The van der Waals surface area contributed by atoms with E-state index in [-0.39, 0.29) is 0 Å². The molecular weight excluding hydrogens is 287 g/mol. The van der Waals surface area contributed by atoms with Gasteiger partial charge in [0.15, 0.2) is 0 Å². The summed E-state index contributed by atoms with van der Waals surface area (Å²) in [6.45, 7) is 7.40. The van der Waals surface area contributed by atoms with E-state index in [1.165, 1.54) is 0 Å². The van der Waals surface area contributed by atoms with E-state index in [1.807, 2.05) is 39.8 Å². The third-order valence-electron chi connectivity index (χ3n) is 3.53. The van der Waals surface area contributed by atoms with E-state index < -0.39 is 7.82 Å². The fourth-order valence-electron chi connectivity index (χ4n) is 1.91. The van der Waals surface area contributed by atoms with E-state index in [1.54, 1.807) is 24.3 Å². The lowest BCUT2D eigenvalue weighted by Crippen LogP contribution is -2.14. The second-order valence-corrected chi connectivity index (χ2v) is 6.29. The summed E-state index contributed by atoms with van der Waals surface area (Å²) in [6, 6.07) is 10.5. The van der Waals surface area contributed by atoms with Crippen LogP contribution in [0.4, 0.5) is 0 Å². The molecule has 0 saturated carbocycles. The summed E-state index contributed by atoms with van der Waals surface area (Å²) in [5, 5.41) is 0. The molecule has 0 N–H and O–H groups in total. The van der Waals surface area contributed by atoms with Crippen LogP contribution in [0.3, 0.4) is 0 Å². The molecule has 0 fully saturated rings. The van der Waals surface area contributed by atoms with E-state index in [0.29, 0.717) is 11.5 Å². The van der Waals surface area contributed by atoms with Gasteiger partial charge in [-0.3, -0.25) is 0 Å². The van der Waals surface area contributed by atoms with Crippen molar-refractivity contribution in [3.05, 3.63) is 58.7 Å². The van der Waals surface area contributed by atoms with Gasteiger partial charge in [-0.05, 0) is 62.1 Å². The molecule has 2 rings (SSSR count). The molecule has 0 atom stereocenters. The van der Waals surface area contributed by atoms with E-state index in [2.05, 4.69) is 0 Å². The smallest absolute Gasteiger partial charge is 0.372 e. The number of phosphoric acid groups is 1. The van der Waals surface area contributed by atoms with Crippen molar-refractivity contribution in [3.8, 4) is 11.5 Å². The number of rotatable bonds is 4. The maximum absolute atomic E-state index is 12.1. The van der Waals surface area contributed by atoms with Gasteiger partial charge in [0.1, 0.15) is 11.5 Å². The standard InChI is InChI=1S/C16H19O4P/c1-11-7-5-9-15(13(11)3)19-21(17,18)20-16-10-6-8-12(2)14(16)4/h5-10H,1-4H3,(H,17,18)/p-1. The molecule has 0 heterocycles. The lowest BCUT2D eigenvalue weighted by Gasteiger charge is -2.26. The highest BCUT2D eigenvalue weighted by atomic mass is 31.2. The molecular formula is C16H18O4P-. The van der Waals surface area contributed by atoms with Crippen molar-refractivity contribution < 1.29 is 18.5 Å². The Bertz CT molecular complexity index is 652. The number of aryl methyl sites for hydroxylation is 2. The molecule has 2 aromatic carbocycles. The van der Waals surface area contributed by atoms with Crippen LogP contribution in [0, 0.1) is 27.7 Å². The van der Waals surface area contributed by atoms with E-state index in [9.17, 15) is 9.46 Å². The highest BCUT2D eigenvalue weighted by molar-refractivity contribution is 7.46. The molecule has 4 nitrogen and oxygen atoms in total. The molecule has 112 valence electrons. The third kappa shape index (κ3) is 3.66. The largest absolute Gasteiger partial charge is 0.736 e. The van der Waals surface area contributed by atoms with Crippen molar-refractivity contribution in [2.24, 2.45) is 0 Å². The first-order chi connectivity index (χ1) is 9.80. The SMILES string of the molecule is Cc1cccc(OP(=O)([O-])Oc2cccc(C)c2C)c1C. The van der Waals surface area contributed by atoms with Crippen LogP contribution < -0.4 is 13.9 Å². The van der Waals surface area contributed by atoms with Gasteiger partial charge in [-0.1, -0.05) is 24.3 Å². The summed E-state index contributed by atoms with van der Waals surface area (Å²) in [7, 11) is -4.48. The van der Waals surface area contributed by atoms with Gasteiger partial charge in [-0.25, -0.2) is 4.57 Å². The first kappa shape index (κ1) is 15.6. The highest BCUT2D eigenvalue weighted by Crippen LogP contribution is 2.43. The van der Waals surface area contributed by atoms with Crippen LogP contribution in [-0.2, 0) is 4.57 Å². The van der Waals surface area contributed by atoms with Crippen molar-refractivity contribution in [2.45, 2.75) is 27.7 Å². The lowest BCUT2D eigenvalue weighted by atomic mass is 10.1. The first-order valence-electron chi connectivity index (χ1n) is 6.63. The number of hydrogen-bond donors (Lipinski definition) is 0. The molecule has 0 aliphatic heterocycles. The van der Waals surface area contributed by atoms with Crippen LogP contribution in [0.1, 0.15) is 22.3 Å². The first-order valence-corrected chi connectivity index (χ1v) is 8.09. The monoisotopic (exact) mass is 305 g/mol. The topological polar surface area (TPSA) is 58.6 Å². The van der Waals surface area contributed by atoms with Crippen LogP contribution in [0.25, 0.3) is 0 Å². The van der Waals surface area contributed by atoms with Gasteiger partial charge in [0.05, 0.1) is 0 Å². The van der Waals surface area contributed by atoms with Crippen molar-refractivity contribution in [3.63, 3.8) is 0 Å². The Labute approximate surface area is 125 Å². The number of benzene rings is 2. The Kier molecular flexibility index (Phi) is 4.40. The Balaban J connectivity index is 2.25. The third-order valence-corrected chi connectivity index (χ3v) is 4.37. The second kappa shape index (κ2) is 5.92. The minimum absolute atomic E-state index is 0.290. The molecule has 0 unspecified atom stereocenters. The van der Waals surface area contributed by atoms with Crippen molar-refractivity contribution in [2.75, 3.05) is 0 Å². The Hall–Kier alpha value is -1.77. The van der Waals surface area contributed by atoms with Crippen molar-refractivity contribution in [1.29, 1.82) is 0 Å². The van der Waals surface area contributed by atoms with Crippen molar-refractivity contribution >= 4 is 7.82 Å². The zero-order valence-electron chi connectivity index (χ0n) is 12.5. The fourth-order valence-corrected chi connectivity index (χ4v) is 2.82. The predicted octanol–water partition coefficient (Wildman–Crippen LogP) is 3.85. The molecule has 0 spiro atoms. The van der Waals surface area contributed by atoms with Gasteiger partial charge in [-0.15, -0.1) is 0 Å². The fraction of sp³-hybridized carbons (Fsp3) is 0.250. The quantitative estimate of drug-likeness (QED) is 0.805. The second-order valence-electron chi connectivity index (χ2n) is 5.03. The zero-order chi connectivity index (χ0) is 15.6.